The van der Waals surface area contributed by atoms with E-state index in [2.05, 4.69) is 0 Å². The van der Waals surface area contributed by atoms with Crippen LogP contribution in [0.3, 0.4) is 0 Å². The lowest BCUT2D eigenvalue weighted by molar-refractivity contribution is -0.384. The molecule has 14 heavy (non-hydrogen) atoms. The molecular formula is C8H7ClN2O3. The summed E-state index contributed by atoms with van der Waals surface area (Å²) >= 11 is 5.62. The third kappa shape index (κ3) is 1.67. The monoisotopic (exact) mass is 214 g/mol. The van der Waals surface area contributed by atoms with Crippen molar-refractivity contribution >= 4 is 28.8 Å². The van der Waals surface area contributed by atoms with Crippen LogP contribution in [0.5, 0.6) is 0 Å². The molecule has 0 unspecified atom stereocenters. The van der Waals surface area contributed by atoms with Gasteiger partial charge >= 0.3 is 0 Å². The number of nitrogen functional groups attached to an aromatic ring is 1. The number of hydrogen-bond donors (Lipinski definition) is 1. The van der Waals surface area contributed by atoms with Gasteiger partial charge in [0, 0.05) is 11.6 Å². The zero-order chi connectivity index (χ0) is 10.9. The van der Waals surface area contributed by atoms with E-state index >= 15 is 0 Å². The summed E-state index contributed by atoms with van der Waals surface area (Å²) in [5.74, 6) is -0.278. The van der Waals surface area contributed by atoms with E-state index < -0.39 is 4.92 Å². The van der Waals surface area contributed by atoms with Crippen molar-refractivity contribution in [2.24, 2.45) is 0 Å². The van der Waals surface area contributed by atoms with Crippen LogP contribution >= 0.6 is 11.6 Å². The average molecular weight is 215 g/mol. The Morgan fingerprint density at radius 2 is 2.14 bits per heavy atom. The zero-order valence-corrected chi connectivity index (χ0v) is 8.04. The van der Waals surface area contributed by atoms with Crippen LogP contribution in [0.2, 0.25) is 5.02 Å². The highest BCUT2D eigenvalue weighted by Crippen LogP contribution is 2.32. The van der Waals surface area contributed by atoms with Crippen LogP contribution in [-0.2, 0) is 0 Å². The molecule has 0 spiro atoms. The van der Waals surface area contributed by atoms with Crippen molar-refractivity contribution < 1.29 is 9.72 Å². The molecule has 0 atom stereocenters. The van der Waals surface area contributed by atoms with Crippen LogP contribution in [0.25, 0.3) is 0 Å². The fraction of sp³-hybridized carbons (Fsp3) is 0.125. The molecule has 5 nitrogen and oxygen atoms in total. The topological polar surface area (TPSA) is 86.2 Å². The maximum absolute atomic E-state index is 11.0. The largest absolute Gasteiger partial charge is 0.397 e. The summed E-state index contributed by atoms with van der Waals surface area (Å²) in [6.45, 7) is 1.31. The van der Waals surface area contributed by atoms with E-state index in [0.29, 0.717) is 0 Å². The molecule has 2 N–H and O–H groups in total. The highest BCUT2D eigenvalue weighted by Gasteiger charge is 2.18. The maximum Gasteiger partial charge on any atom is 0.290 e. The van der Waals surface area contributed by atoms with E-state index in [4.69, 9.17) is 17.3 Å². The van der Waals surface area contributed by atoms with Gasteiger partial charge < -0.3 is 5.73 Å². The van der Waals surface area contributed by atoms with E-state index in [1.165, 1.54) is 13.0 Å². The van der Waals surface area contributed by atoms with Crippen molar-refractivity contribution in [2.45, 2.75) is 6.92 Å². The fourth-order valence-electron chi connectivity index (χ4n) is 1.03. The molecule has 1 aromatic rings. The first-order chi connectivity index (χ1) is 6.45. The summed E-state index contributed by atoms with van der Waals surface area (Å²) in [4.78, 5) is 20.8. The number of nitrogens with two attached hydrogens (primary N) is 1. The minimum absolute atomic E-state index is 0.0478. The van der Waals surface area contributed by atoms with E-state index in [0.717, 1.165) is 6.07 Å². The molecule has 0 aliphatic carbocycles. The number of halogens is 1. The fourth-order valence-corrected chi connectivity index (χ4v) is 1.26. The van der Waals surface area contributed by atoms with Gasteiger partial charge in [0.15, 0.2) is 5.78 Å². The zero-order valence-electron chi connectivity index (χ0n) is 7.28. The Morgan fingerprint density at radius 3 is 2.57 bits per heavy atom. The summed E-state index contributed by atoms with van der Waals surface area (Å²) in [7, 11) is 0. The number of ketones is 1. The molecule has 1 aromatic carbocycles. The van der Waals surface area contributed by atoms with Gasteiger partial charge in [-0.25, -0.2) is 0 Å². The van der Waals surface area contributed by atoms with Crippen molar-refractivity contribution in [3.05, 3.63) is 32.8 Å². The van der Waals surface area contributed by atoms with Crippen LogP contribution in [0.4, 0.5) is 11.4 Å². The van der Waals surface area contributed by atoms with Gasteiger partial charge in [0.2, 0.25) is 0 Å². The first-order valence-electron chi connectivity index (χ1n) is 3.68. The van der Waals surface area contributed by atoms with Gasteiger partial charge in [-0.05, 0) is 13.0 Å². The molecule has 0 aliphatic rings. The Labute approximate surface area is 84.6 Å². The van der Waals surface area contributed by atoms with Gasteiger partial charge in [0.25, 0.3) is 5.69 Å². The van der Waals surface area contributed by atoms with Gasteiger partial charge in [0.05, 0.1) is 10.6 Å². The molecule has 0 bridgehead atoms. The van der Waals surface area contributed by atoms with Crippen molar-refractivity contribution in [3.63, 3.8) is 0 Å². The Morgan fingerprint density at radius 1 is 1.57 bits per heavy atom. The highest BCUT2D eigenvalue weighted by molar-refractivity contribution is 6.36. The molecular weight excluding hydrogens is 208 g/mol. The third-order valence-electron chi connectivity index (χ3n) is 1.74. The number of nitrogens with zero attached hydrogens (tertiary/aromatic N) is 1. The van der Waals surface area contributed by atoms with Gasteiger partial charge in [-0.1, -0.05) is 11.6 Å². The predicted molar refractivity (Wildman–Crippen MR) is 52.5 cm³/mol. The van der Waals surface area contributed by atoms with Crippen LogP contribution in [0, 0.1) is 10.1 Å². The molecule has 0 aromatic heterocycles. The second-order valence-corrected chi connectivity index (χ2v) is 3.05. The van der Waals surface area contributed by atoms with Crippen molar-refractivity contribution in [1.29, 1.82) is 0 Å². The average Bonchev–Trinajstić information content (AvgIpc) is 2.08. The number of nitro benzene ring substituents is 1. The predicted octanol–water partition coefficient (Wildman–Crippen LogP) is 2.03. The Kier molecular flexibility index (Phi) is 2.71. The van der Waals surface area contributed by atoms with Crippen LogP contribution in [0.15, 0.2) is 12.1 Å². The number of carbonyl (C=O) groups is 1. The van der Waals surface area contributed by atoms with Gasteiger partial charge in [-0.15, -0.1) is 0 Å². The highest BCUT2D eigenvalue weighted by atomic mass is 35.5. The minimum Gasteiger partial charge on any atom is -0.397 e. The summed E-state index contributed by atoms with van der Waals surface area (Å²) in [5.41, 5.74) is 5.32. The van der Waals surface area contributed by atoms with Crippen LogP contribution in [-0.4, -0.2) is 10.7 Å². The normalized spacial score (nSPS) is 9.86. The number of benzene rings is 1. The van der Waals surface area contributed by atoms with E-state index in [-0.39, 0.29) is 27.7 Å². The van der Waals surface area contributed by atoms with Crippen LogP contribution < -0.4 is 5.73 Å². The van der Waals surface area contributed by atoms with Crippen molar-refractivity contribution in [2.75, 3.05) is 5.73 Å². The molecule has 74 valence electrons. The standard InChI is InChI=1S/C8H7ClN2O3/c1-4(12)5-2-3-6(11(13)14)7(9)8(5)10/h2-3H,10H2,1H3. The lowest BCUT2D eigenvalue weighted by Gasteiger charge is -2.03. The number of anilines is 1. The summed E-state index contributed by atoms with van der Waals surface area (Å²) < 4.78 is 0. The van der Waals surface area contributed by atoms with E-state index in [1.807, 2.05) is 0 Å². The van der Waals surface area contributed by atoms with E-state index in [9.17, 15) is 14.9 Å². The molecule has 0 saturated carbocycles. The van der Waals surface area contributed by atoms with E-state index in [1.54, 1.807) is 0 Å². The Hall–Kier alpha value is -1.62. The number of nitro groups is 1. The molecule has 6 heteroatoms. The van der Waals surface area contributed by atoms with Crippen molar-refractivity contribution in [3.8, 4) is 0 Å². The second-order valence-electron chi connectivity index (χ2n) is 2.67. The molecule has 0 aliphatic heterocycles. The number of carbonyl (C=O) groups excluding carboxylic acids is 1. The minimum atomic E-state index is -0.650. The number of hydrogen-bond acceptors (Lipinski definition) is 4. The number of Topliss-reactive ketones (excluding diaryl/α,β-unsaturated/α-hetero) is 1. The second kappa shape index (κ2) is 3.63. The van der Waals surface area contributed by atoms with Gasteiger partial charge in [-0.2, -0.15) is 0 Å². The van der Waals surface area contributed by atoms with Crippen LogP contribution in [0.1, 0.15) is 17.3 Å². The molecule has 1 rings (SSSR count). The van der Waals surface area contributed by atoms with Crippen molar-refractivity contribution in [1.82, 2.24) is 0 Å². The molecule has 0 amide bonds. The molecule has 0 fully saturated rings. The summed E-state index contributed by atoms with van der Waals surface area (Å²) in [6, 6.07) is 2.46. The molecule has 0 saturated heterocycles. The first-order valence-corrected chi connectivity index (χ1v) is 4.06. The van der Waals surface area contributed by atoms with Gasteiger partial charge in [0.1, 0.15) is 5.02 Å². The molecule has 0 heterocycles. The smallest absolute Gasteiger partial charge is 0.290 e. The Bertz CT molecular complexity index is 378. The lowest BCUT2D eigenvalue weighted by atomic mass is 10.1. The Balaban J connectivity index is 3.41. The third-order valence-corrected chi connectivity index (χ3v) is 2.13. The molecule has 0 radical (unpaired) electrons. The van der Waals surface area contributed by atoms with Gasteiger partial charge in [-0.3, -0.25) is 14.9 Å². The lowest BCUT2D eigenvalue weighted by Crippen LogP contribution is -2.02. The summed E-state index contributed by atoms with van der Waals surface area (Å²) in [5, 5.41) is 10.2. The SMILES string of the molecule is CC(=O)c1ccc([N+](=O)[O-])c(Cl)c1N. The quantitative estimate of drug-likeness (QED) is 0.353. The first kappa shape index (κ1) is 10.5. The maximum atomic E-state index is 11.0. The summed E-state index contributed by atoms with van der Waals surface area (Å²) in [6.07, 6.45) is 0. The number of rotatable bonds is 2.